The van der Waals surface area contributed by atoms with Crippen molar-refractivity contribution in [3.8, 4) is 16.8 Å². The van der Waals surface area contributed by atoms with E-state index in [1.54, 1.807) is 0 Å². The Morgan fingerprint density at radius 2 is 1.30 bits per heavy atom. The summed E-state index contributed by atoms with van der Waals surface area (Å²) in [5, 5.41) is 5.75. The first-order chi connectivity index (χ1) is 14.8. The first-order valence-electron chi connectivity index (χ1n) is 10.1. The number of fused-ring (bicyclic) bond motifs is 5. The highest BCUT2D eigenvalue weighted by Crippen LogP contribution is 2.39. The number of nitrogens with zero attached hydrogens (tertiary/aromatic N) is 1. The third-order valence-corrected chi connectivity index (χ3v) is 6.08. The van der Waals surface area contributed by atoms with Gasteiger partial charge in [0, 0.05) is 26.7 Å². The van der Waals surface area contributed by atoms with Crippen LogP contribution in [-0.2, 0) is 0 Å². The largest absolute Gasteiger partial charge is 0.308 e. The molecule has 30 heavy (non-hydrogen) atoms. The van der Waals surface area contributed by atoms with Crippen LogP contribution in [0.1, 0.15) is 0 Å². The first-order valence-corrected chi connectivity index (χ1v) is 10.5. The van der Waals surface area contributed by atoms with E-state index < -0.39 is 0 Å². The smallest absolute Gasteiger partial charge is 0.0619 e. The van der Waals surface area contributed by atoms with Crippen LogP contribution >= 0.6 is 11.6 Å². The highest BCUT2D eigenvalue weighted by atomic mass is 35.5. The van der Waals surface area contributed by atoms with Gasteiger partial charge in [-0.2, -0.15) is 0 Å². The highest BCUT2D eigenvalue weighted by molar-refractivity contribution is 6.31. The number of aromatic nitrogens is 1. The van der Waals surface area contributed by atoms with E-state index in [1.807, 2.05) is 12.1 Å². The maximum Gasteiger partial charge on any atom is 0.0619 e. The van der Waals surface area contributed by atoms with Gasteiger partial charge < -0.3 is 4.57 Å². The molecule has 0 unspecified atom stereocenters. The zero-order chi connectivity index (χ0) is 20.1. The van der Waals surface area contributed by atoms with E-state index in [9.17, 15) is 0 Å². The summed E-state index contributed by atoms with van der Waals surface area (Å²) in [6, 6.07) is 38.3. The van der Waals surface area contributed by atoms with Gasteiger partial charge in [-0.3, -0.25) is 0 Å². The monoisotopic (exact) mass is 403 g/mol. The fourth-order valence-electron chi connectivity index (χ4n) is 4.53. The van der Waals surface area contributed by atoms with Crippen LogP contribution in [0.5, 0.6) is 0 Å². The molecule has 1 heterocycles. The Labute approximate surface area is 179 Å². The molecule has 0 fully saturated rings. The molecule has 0 saturated carbocycles. The van der Waals surface area contributed by atoms with Crippen LogP contribution < -0.4 is 0 Å². The molecule has 0 bridgehead atoms. The second kappa shape index (κ2) is 6.76. The topological polar surface area (TPSA) is 4.93 Å². The van der Waals surface area contributed by atoms with Gasteiger partial charge >= 0.3 is 0 Å². The van der Waals surface area contributed by atoms with Crippen molar-refractivity contribution in [2.75, 3.05) is 0 Å². The molecule has 0 amide bonds. The third-order valence-electron chi connectivity index (χ3n) is 5.84. The zero-order valence-electron chi connectivity index (χ0n) is 16.2. The van der Waals surface area contributed by atoms with Crippen molar-refractivity contribution in [2.45, 2.75) is 0 Å². The van der Waals surface area contributed by atoms with Gasteiger partial charge in [0.15, 0.2) is 0 Å². The van der Waals surface area contributed by atoms with Crippen LogP contribution in [0.4, 0.5) is 0 Å². The maximum atomic E-state index is 6.45. The first kappa shape index (κ1) is 17.3. The summed E-state index contributed by atoms with van der Waals surface area (Å²) >= 11 is 6.45. The van der Waals surface area contributed by atoms with Crippen LogP contribution in [0.2, 0.25) is 5.02 Å². The molecule has 6 rings (SSSR count). The lowest BCUT2D eigenvalue weighted by Gasteiger charge is -2.15. The summed E-state index contributed by atoms with van der Waals surface area (Å²) < 4.78 is 2.39. The quantitative estimate of drug-likeness (QED) is 0.274. The summed E-state index contributed by atoms with van der Waals surface area (Å²) in [7, 11) is 0. The van der Waals surface area contributed by atoms with Gasteiger partial charge in [-0.15, -0.1) is 0 Å². The summed E-state index contributed by atoms with van der Waals surface area (Å²) in [5.41, 5.74) is 5.84. The molecular formula is C28H18ClN. The molecule has 1 nitrogen and oxygen atoms in total. The second-order valence-corrected chi connectivity index (χ2v) is 8.00. The Morgan fingerprint density at radius 3 is 2.17 bits per heavy atom. The zero-order valence-corrected chi connectivity index (χ0v) is 17.0. The van der Waals surface area contributed by atoms with Crippen molar-refractivity contribution in [2.24, 2.45) is 0 Å². The molecule has 0 atom stereocenters. The number of halogens is 1. The summed E-state index contributed by atoms with van der Waals surface area (Å²) in [6.07, 6.45) is 0. The average Bonchev–Trinajstić information content (AvgIpc) is 3.14. The Morgan fingerprint density at radius 1 is 0.567 bits per heavy atom. The van der Waals surface area contributed by atoms with E-state index in [-0.39, 0.29) is 0 Å². The van der Waals surface area contributed by atoms with Gasteiger partial charge in [0.05, 0.1) is 16.7 Å². The number of rotatable bonds is 2. The Bertz CT molecular complexity index is 1540. The molecule has 0 spiro atoms. The van der Waals surface area contributed by atoms with Gasteiger partial charge in [-0.05, 0) is 35.2 Å². The maximum absolute atomic E-state index is 6.45. The normalized spacial score (nSPS) is 11.5. The molecule has 5 aromatic carbocycles. The number of hydrogen-bond acceptors (Lipinski definition) is 0. The van der Waals surface area contributed by atoms with Crippen LogP contribution in [0, 0.1) is 0 Å². The molecule has 6 aromatic rings. The van der Waals surface area contributed by atoms with Gasteiger partial charge in [0.25, 0.3) is 0 Å². The van der Waals surface area contributed by atoms with Crippen molar-refractivity contribution in [1.82, 2.24) is 4.57 Å². The Balaban J connectivity index is 1.83. The van der Waals surface area contributed by atoms with Crippen LogP contribution in [0.3, 0.4) is 0 Å². The van der Waals surface area contributed by atoms with E-state index in [0.29, 0.717) is 0 Å². The van der Waals surface area contributed by atoms with E-state index >= 15 is 0 Å². The Hall–Kier alpha value is -3.55. The lowest BCUT2D eigenvalue weighted by molar-refractivity contribution is 1.19. The van der Waals surface area contributed by atoms with Gasteiger partial charge in [0.1, 0.15) is 0 Å². The number of para-hydroxylation sites is 1. The predicted molar refractivity (Wildman–Crippen MR) is 129 cm³/mol. The van der Waals surface area contributed by atoms with Crippen LogP contribution in [0.25, 0.3) is 49.4 Å². The number of hydrogen-bond donors (Lipinski definition) is 0. The number of benzene rings is 5. The highest BCUT2D eigenvalue weighted by Gasteiger charge is 2.17. The average molecular weight is 404 g/mol. The molecule has 1 aromatic heterocycles. The van der Waals surface area contributed by atoms with Crippen molar-refractivity contribution in [3.63, 3.8) is 0 Å². The van der Waals surface area contributed by atoms with Gasteiger partial charge in [-0.1, -0.05) is 96.5 Å². The fraction of sp³-hybridized carbons (Fsp3) is 0. The molecule has 0 aliphatic heterocycles. The minimum Gasteiger partial charge on any atom is -0.308 e. The molecule has 0 radical (unpaired) electrons. The minimum atomic E-state index is 0.739. The van der Waals surface area contributed by atoms with E-state index in [2.05, 4.69) is 102 Å². The summed E-state index contributed by atoms with van der Waals surface area (Å²) in [4.78, 5) is 0. The van der Waals surface area contributed by atoms with Crippen molar-refractivity contribution >= 4 is 44.2 Å². The van der Waals surface area contributed by atoms with E-state index in [0.717, 1.165) is 21.8 Å². The lowest BCUT2D eigenvalue weighted by Crippen LogP contribution is -1.97. The van der Waals surface area contributed by atoms with Crippen LogP contribution in [-0.4, -0.2) is 4.57 Å². The predicted octanol–water partition coefficient (Wildman–Crippen LogP) is 8.26. The lowest BCUT2D eigenvalue weighted by atomic mass is 10.0. The molecule has 0 aliphatic carbocycles. The van der Waals surface area contributed by atoms with E-state index in [1.165, 1.54) is 32.6 Å². The molecule has 142 valence electrons. The standard InChI is InChI=1S/C28H18ClN/c29-21-15-17-27(25(18-21)19-8-2-1-3-9-19)30-26-13-7-6-12-23(26)24-16-14-20-10-4-5-11-22(20)28(24)30/h1-18H. The molecule has 0 saturated heterocycles. The summed E-state index contributed by atoms with van der Waals surface area (Å²) in [5.74, 6) is 0. The molecule has 2 heteroatoms. The molecular weight excluding hydrogens is 386 g/mol. The second-order valence-electron chi connectivity index (χ2n) is 7.56. The molecule has 0 N–H and O–H groups in total. The fourth-order valence-corrected chi connectivity index (χ4v) is 4.70. The van der Waals surface area contributed by atoms with Gasteiger partial charge in [-0.25, -0.2) is 0 Å². The molecule has 0 aliphatic rings. The van der Waals surface area contributed by atoms with E-state index in [4.69, 9.17) is 11.6 Å². The third kappa shape index (κ3) is 2.56. The van der Waals surface area contributed by atoms with Crippen LogP contribution in [0.15, 0.2) is 109 Å². The SMILES string of the molecule is Clc1ccc(-n2c3ccccc3c3ccc4ccccc4c32)c(-c2ccccc2)c1. The van der Waals surface area contributed by atoms with Gasteiger partial charge in [0.2, 0.25) is 0 Å². The summed E-state index contributed by atoms with van der Waals surface area (Å²) in [6.45, 7) is 0. The Kier molecular flexibility index (Phi) is 3.90. The van der Waals surface area contributed by atoms with Crippen molar-refractivity contribution < 1.29 is 0 Å². The van der Waals surface area contributed by atoms with Crippen molar-refractivity contribution in [3.05, 3.63) is 114 Å². The minimum absolute atomic E-state index is 0.739. The van der Waals surface area contributed by atoms with Crippen molar-refractivity contribution in [1.29, 1.82) is 0 Å².